The Morgan fingerprint density at radius 1 is 1.07 bits per heavy atom. The predicted molar refractivity (Wildman–Crippen MR) is 139 cm³/mol. The molecule has 2 aromatic rings. The SMILES string of the molecule is CCNC(=NCc1cccnc1N(C)C)NCCC(C)N(C)Cc1ccccc1.I. The molecule has 1 aromatic carbocycles. The van der Waals surface area contributed by atoms with Crippen molar-refractivity contribution in [3.63, 3.8) is 0 Å². The van der Waals surface area contributed by atoms with Gasteiger partial charge in [-0.2, -0.15) is 0 Å². The topological polar surface area (TPSA) is 55.8 Å². The van der Waals surface area contributed by atoms with Crippen LogP contribution in [0.2, 0.25) is 0 Å². The van der Waals surface area contributed by atoms with Gasteiger partial charge in [-0.3, -0.25) is 4.90 Å². The molecule has 0 spiro atoms. The highest BCUT2D eigenvalue weighted by Gasteiger charge is 2.10. The summed E-state index contributed by atoms with van der Waals surface area (Å²) < 4.78 is 0. The van der Waals surface area contributed by atoms with Crippen molar-refractivity contribution in [2.75, 3.05) is 39.1 Å². The first kappa shape index (κ1) is 26.2. The number of pyridine rings is 1. The number of benzene rings is 1. The van der Waals surface area contributed by atoms with Crippen LogP contribution in [0.4, 0.5) is 5.82 Å². The number of nitrogens with one attached hydrogen (secondary N) is 2. The van der Waals surface area contributed by atoms with Crippen molar-refractivity contribution < 1.29 is 0 Å². The molecule has 0 aliphatic rings. The van der Waals surface area contributed by atoms with Gasteiger partial charge in [0.2, 0.25) is 0 Å². The van der Waals surface area contributed by atoms with Crippen LogP contribution < -0.4 is 15.5 Å². The molecule has 0 amide bonds. The molecule has 1 heterocycles. The second kappa shape index (κ2) is 14.2. The second-order valence-corrected chi connectivity index (χ2v) is 7.54. The summed E-state index contributed by atoms with van der Waals surface area (Å²) in [7, 11) is 6.20. The molecule has 0 saturated heterocycles. The standard InChI is InChI=1S/C23H36N6.HI/c1-6-24-23(27-17-21-13-10-15-25-22(21)28(3)4)26-16-14-19(2)29(5)18-20-11-8-7-9-12-20;/h7-13,15,19H,6,14,16-18H2,1-5H3,(H2,24,26,27);1H. The average Bonchev–Trinajstić information content (AvgIpc) is 2.72. The van der Waals surface area contributed by atoms with Gasteiger partial charge in [0.05, 0.1) is 6.54 Å². The van der Waals surface area contributed by atoms with E-state index in [1.54, 1.807) is 0 Å². The highest BCUT2D eigenvalue weighted by atomic mass is 127. The van der Waals surface area contributed by atoms with Crippen molar-refractivity contribution in [1.82, 2.24) is 20.5 Å². The number of anilines is 1. The van der Waals surface area contributed by atoms with E-state index < -0.39 is 0 Å². The molecule has 1 unspecified atom stereocenters. The minimum absolute atomic E-state index is 0. The minimum atomic E-state index is 0. The van der Waals surface area contributed by atoms with E-state index in [2.05, 4.69) is 77.8 Å². The Kier molecular flexibility index (Phi) is 12.4. The molecule has 2 rings (SSSR count). The second-order valence-electron chi connectivity index (χ2n) is 7.54. The third kappa shape index (κ3) is 8.87. The number of rotatable bonds is 10. The number of hydrogen-bond acceptors (Lipinski definition) is 4. The van der Waals surface area contributed by atoms with Crippen molar-refractivity contribution in [1.29, 1.82) is 0 Å². The number of nitrogens with zero attached hydrogens (tertiary/aromatic N) is 4. The first-order valence-electron chi connectivity index (χ1n) is 10.4. The van der Waals surface area contributed by atoms with E-state index in [0.29, 0.717) is 12.6 Å². The molecule has 0 fully saturated rings. The third-order valence-corrected chi connectivity index (χ3v) is 4.92. The fourth-order valence-electron chi connectivity index (χ4n) is 3.11. The zero-order valence-electron chi connectivity index (χ0n) is 18.9. The Hall–Kier alpha value is -1.87. The van der Waals surface area contributed by atoms with Crippen LogP contribution in [-0.2, 0) is 13.1 Å². The van der Waals surface area contributed by atoms with E-state index in [-0.39, 0.29) is 24.0 Å². The molecular weight excluding hydrogens is 487 g/mol. The van der Waals surface area contributed by atoms with E-state index in [1.807, 2.05) is 31.3 Å². The molecule has 0 aliphatic heterocycles. The Bertz CT molecular complexity index is 750. The largest absolute Gasteiger partial charge is 0.362 e. The van der Waals surface area contributed by atoms with Crippen LogP contribution in [0.1, 0.15) is 31.4 Å². The highest BCUT2D eigenvalue weighted by Crippen LogP contribution is 2.15. The first-order valence-corrected chi connectivity index (χ1v) is 10.4. The van der Waals surface area contributed by atoms with Crippen LogP contribution >= 0.6 is 24.0 Å². The smallest absolute Gasteiger partial charge is 0.191 e. The highest BCUT2D eigenvalue weighted by molar-refractivity contribution is 14.0. The van der Waals surface area contributed by atoms with Gasteiger partial charge in [-0.1, -0.05) is 36.4 Å². The Morgan fingerprint density at radius 2 is 1.80 bits per heavy atom. The van der Waals surface area contributed by atoms with E-state index >= 15 is 0 Å². The fraction of sp³-hybridized carbons (Fsp3) is 0.478. The quantitative estimate of drug-likeness (QED) is 0.282. The molecule has 6 nitrogen and oxygen atoms in total. The lowest BCUT2D eigenvalue weighted by molar-refractivity contribution is 0.238. The molecule has 166 valence electrons. The van der Waals surface area contributed by atoms with E-state index in [9.17, 15) is 0 Å². The third-order valence-electron chi connectivity index (χ3n) is 4.92. The van der Waals surface area contributed by atoms with Crippen LogP contribution in [-0.4, -0.2) is 56.1 Å². The normalized spacial score (nSPS) is 12.3. The summed E-state index contributed by atoms with van der Waals surface area (Å²) in [6.07, 6.45) is 2.86. The van der Waals surface area contributed by atoms with Gasteiger partial charge in [-0.25, -0.2) is 9.98 Å². The van der Waals surface area contributed by atoms with Gasteiger partial charge in [0.15, 0.2) is 5.96 Å². The lowest BCUT2D eigenvalue weighted by Crippen LogP contribution is -2.40. The van der Waals surface area contributed by atoms with Crippen molar-refractivity contribution in [3.05, 3.63) is 59.8 Å². The molecular formula is C23H37IN6. The Balaban J connectivity index is 0.00000450. The molecule has 0 saturated carbocycles. The molecule has 30 heavy (non-hydrogen) atoms. The number of aliphatic imine (C=N–C) groups is 1. The zero-order valence-corrected chi connectivity index (χ0v) is 21.3. The molecule has 2 N–H and O–H groups in total. The van der Waals surface area contributed by atoms with Crippen LogP contribution in [0.15, 0.2) is 53.7 Å². The zero-order chi connectivity index (χ0) is 21.1. The predicted octanol–water partition coefficient (Wildman–Crippen LogP) is 3.73. The summed E-state index contributed by atoms with van der Waals surface area (Å²) in [5.74, 6) is 1.81. The molecule has 1 aromatic heterocycles. The summed E-state index contributed by atoms with van der Waals surface area (Å²) in [4.78, 5) is 13.6. The van der Waals surface area contributed by atoms with Gasteiger partial charge >= 0.3 is 0 Å². The van der Waals surface area contributed by atoms with Crippen LogP contribution in [0.25, 0.3) is 0 Å². The van der Waals surface area contributed by atoms with Crippen LogP contribution in [0.3, 0.4) is 0 Å². The minimum Gasteiger partial charge on any atom is -0.362 e. The summed E-state index contributed by atoms with van der Waals surface area (Å²) in [5, 5.41) is 6.80. The number of aromatic nitrogens is 1. The monoisotopic (exact) mass is 524 g/mol. The van der Waals surface area contributed by atoms with Crippen molar-refractivity contribution in [2.45, 2.75) is 39.4 Å². The number of hydrogen-bond donors (Lipinski definition) is 2. The maximum Gasteiger partial charge on any atom is 0.191 e. The van der Waals surface area contributed by atoms with Gasteiger partial charge in [0.25, 0.3) is 0 Å². The van der Waals surface area contributed by atoms with E-state index in [1.165, 1.54) is 5.56 Å². The van der Waals surface area contributed by atoms with E-state index in [4.69, 9.17) is 4.99 Å². The summed E-state index contributed by atoms with van der Waals surface area (Å²) in [6, 6.07) is 15.1. The summed E-state index contributed by atoms with van der Waals surface area (Å²) >= 11 is 0. The van der Waals surface area contributed by atoms with Gasteiger partial charge < -0.3 is 15.5 Å². The average molecular weight is 524 g/mol. The summed E-state index contributed by atoms with van der Waals surface area (Å²) in [6.45, 7) is 7.63. The van der Waals surface area contributed by atoms with Crippen molar-refractivity contribution in [2.24, 2.45) is 4.99 Å². The van der Waals surface area contributed by atoms with E-state index in [0.717, 1.165) is 43.4 Å². The first-order chi connectivity index (χ1) is 14.0. The maximum atomic E-state index is 4.75. The molecule has 0 bridgehead atoms. The van der Waals surface area contributed by atoms with Gasteiger partial charge in [-0.15, -0.1) is 24.0 Å². The lowest BCUT2D eigenvalue weighted by Gasteiger charge is -2.25. The van der Waals surface area contributed by atoms with Gasteiger partial charge in [-0.05, 0) is 38.9 Å². The number of halogens is 1. The molecule has 0 aliphatic carbocycles. The van der Waals surface area contributed by atoms with Gasteiger partial charge in [0, 0.05) is 51.5 Å². The number of guanidine groups is 1. The summed E-state index contributed by atoms with van der Waals surface area (Å²) in [5.41, 5.74) is 2.46. The van der Waals surface area contributed by atoms with Crippen LogP contribution in [0, 0.1) is 0 Å². The van der Waals surface area contributed by atoms with Crippen molar-refractivity contribution >= 4 is 35.8 Å². The maximum absolute atomic E-state index is 4.75. The molecule has 0 radical (unpaired) electrons. The van der Waals surface area contributed by atoms with Gasteiger partial charge in [0.1, 0.15) is 5.82 Å². The van der Waals surface area contributed by atoms with Crippen molar-refractivity contribution in [3.8, 4) is 0 Å². The van der Waals surface area contributed by atoms with Crippen LogP contribution in [0.5, 0.6) is 0 Å². The molecule has 7 heteroatoms. The Labute approximate surface area is 199 Å². The fourth-order valence-corrected chi connectivity index (χ4v) is 3.11. The lowest BCUT2D eigenvalue weighted by atomic mass is 10.1. The molecule has 1 atom stereocenters. The Morgan fingerprint density at radius 3 is 2.47 bits per heavy atom.